The van der Waals surface area contributed by atoms with Crippen LogP contribution in [0.1, 0.15) is 28.8 Å². The highest BCUT2D eigenvalue weighted by Crippen LogP contribution is 2.29. The van der Waals surface area contributed by atoms with Gasteiger partial charge in [0.1, 0.15) is 22.9 Å². The highest BCUT2D eigenvalue weighted by Gasteiger charge is 2.28. The third-order valence-electron chi connectivity index (χ3n) is 4.01. The van der Waals surface area contributed by atoms with E-state index in [2.05, 4.69) is 5.32 Å². The number of carbonyl (C=O) groups is 1. The van der Waals surface area contributed by atoms with Crippen LogP contribution in [0.25, 0.3) is 10.8 Å². The zero-order valence-electron chi connectivity index (χ0n) is 13.5. The van der Waals surface area contributed by atoms with E-state index in [4.69, 9.17) is 4.42 Å². The minimum Gasteiger partial charge on any atom is -0.506 e. The van der Waals surface area contributed by atoms with Crippen molar-refractivity contribution in [3.63, 3.8) is 0 Å². The molecular formula is C19H19NO4. The van der Waals surface area contributed by atoms with Gasteiger partial charge < -0.3 is 19.9 Å². The number of aromatic hydroxyl groups is 1. The summed E-state index contributed by atoms with van der Waals surface area (Å²) in [6.07, 6.45) is 0. The zero-order valence-corrected chi connectivity index (χ0v) is 13.5. The Hall–Kier alpha value is -2.79. The fourth-order valence-electron chi connectivity index (χ4n) is 2.60. The lowest BCUT2D eigenvalue weighted by molar-refractivity contribution is 0.0323. The number of furan rings is 1. The Kier molecular flexibility index (Phi) is 4.03. The van der Waals surface area contributed by atoms with E-state index in [0.29, 0.717) is 16.9 Å². The van der Waals surface area contributed by atoms with Crippen LogP contribution >= 0.6 is 0 Å². The molecular weight excluding hydrogens is 306 g/mol. The summed E-state index contributed by atoms with van der Waals surface area (Å²) in [6.45, 7) is 3.31. The first-order valence-electron chi connectivity index (χ1n) is 7.67. The second-order valence-corrected chi connectivity index (χ2v) is 6.05. The summed E-state index contributed by atoms with van der Waals surface area (Å²) in [5.74, 6) is 0.535. The normalized spacial score (nSPS) is 13.6. The molecule has 0 bridgehead atoms. The van der Waals surface area contributed by atoms with Gasteiger partial charge in [-0.25, -0.2) is 0 Å². The van der Waals surface area contributed by atoms with Gasteiger partial charge >= 0.3 is 0 Å². The van der Waals surface area contributed by atoms with Gasteiger partial charge in [-0.15, -0.1) is 0 Å². The van der Waals surface area contributed by atoms with Crippen LogP contribution in [-0.2, 0) is 5.60 Å². The minimum atomic E-state index is -1.34. The average Bonchev–Trinajstić information content (AvgIpc) is 3.01. The lowest BCUT2D eigenvalue weighted by Gasteiger charge is -2.21. The third kappa shape index (κ3) is 2.98. The number of hydrogen-bond acceptors (Lipinski definition) is 4. The quantitative estimate of drug-likeness (QED) is 0.688. The molecule has 3 rings (SSSR count). The Morgan fingerprint density at radius 3 is 2.62 bits per heavy atom. The number of rotatable bonds is 4. The maximum atomic E-state index is 12.4. The van der Waals surface area contributed by atoms with Crippen molar-refractivity contribution >= 4 is 16.7 Å². The maximum Gasteiger partial charge on any atom is 0.255 e. The lowest BCUT2D eigenvalue weighted by Crippen LogP contribution is -2.38. The van der Waals surface area contributed by atoms with Gasteiger partial charge in [0.25, 0.3) is 5.91 Å². The van der Waals surface area contributed by atoms with Crippen molar-refractivity contribution in [2.75, 3.05) is 6.54 Å². The number of amides is 1. The predicted molar refractivity (Wildman–Crippen MR) is 91.0 cm³/mol. The van der Waals surface area contributed by atoms with Gasteiger partial charge in [-0.2, -0.15) is 0 Å². The van der Waals surface area contributed by atoms with Gasteiger partial charge in [0.2, 0.25) is 0 Å². The highest BCUT2D eigenvalue weighted by molar-refractivity contribution is 6.03. The Labute approximate surface area is 139 Å². The number of aryl methyl sites for hydroxylation is 1. The molecule has 5 nitrogen and oxygen atoms in total. The van der Waals surface area contributed by atoms with Crippen LogP contribution in [0.5, 0.6) is 5.75 Å². The summed E-state index contributed by atoms with van der Waals surface area (Å²) in [4.78, 5) is 12.4. The Morgan fingerprint density at radius 1 is 1.17 bits per heavy atom. The van der Waals surface area contributed by atoms with Crippen LogP contribution in [-0.4, -0.2) is 22.7 Å². The van der Waals surface area contributed by atoms with Crippen molar-refractivity contribution in [1.29, 1.82) is 0 Å². The van der Waals surface area contributed by atoms with Crippen LogP contribution in [0.4, 0.5) is 0 Å². The molecule has 0 aliphatic carbocycles. The number of fused-ring (bicyclic) bond motifs is 1. The standard InChI is InChI=1S/C19H19NO4/c1-12-7-10-16(24-12)19(2,23)11-20-18(22)15-9-8-13-5-3-4-6-14(13)17(15)21/h3-10,21,23H,11H2,1-2H3,(H,20,22). The lowest BCUT2D eigenvalue weighted by atomic mass is 10.0. The number of phenols is 1. The molecule has 2 aromatic carbocycles. The number of aliphatic hydroxyl groups is 1. The van der Waals surface area contributed by atoms with Crippen LogP contribution < -0.4 is 5.32 Å². The minimum absolute atomic E-state index is 0.0367. The Balaban J connectivity index is 1.79. The first kappa shape index (κ1) is 16.1. The molecule has 0 radical (unpaired) electrons. The topological polar surface area (TPSA) is 82.7 Å². The number of nitrogens with one attached hydrogen (secondary N) is 1. The van der Waals surface area contributed by atoms with Gasteiger partial charge in [-0.3, -0.25) is 4.79 Å². The SMILES string of the molecule is Cc1ccc(C(C)(O)CNC(=O)c2ccc3ccccc3c2O)o1. The largest absolute Gasteiger partial charge is 0.506 e. The highest BCUT2D eigenvalue weighted by atomic mass is 16.4. The van der Waals surface area contributed by atoms with E-state index in [1.54, 1.807) is 50.2 Å². The van der Waals surface area contributed by atoms with Crippen molar-refractivity contribution in [3.8, 4) is 5.75 Å². The monoisotopic (exact) mass is 325 g/mol. The molecule has 0 saturated heterocycles. The molecule has 1 unspecified atom stereocenters. The molecule has 0 saturated carbocycles. The Bertz CT molecular complexity index is 895. The van der Waals surface area contributed by atoms with Crippen molar-refractivity contribution in [2.24, 2.45) is 0 Å². The second kappa shape index (κ2) is 6.02. The summed E-state index contributed by atoms with van der Waals surface area (Å²) >= 11 is 0. The van der Waals surface area contributed by atoms with E-state index in [1.807, 2.05) is 12.1 Å². The van der Waals surface area contributed by atoms with Gasteiger partial charge in [0.15, 0.2) is 0 Å². The molecule has 1 aromatic heterocycles. The van der Waals surface area contributed by atoms with E-state index in [1.165, 1.54) is 0 Å². The summed E-state index contributed by atoms with van der Waals surface area (Å²) in [6, 6.07) is 14.0. The molecule has 0 aliphatic heterocycles. The fraction of sp³-hybridized carbons (Fsp3) is 0.211. The smallest absolute Gasteiger partial charge is 0.255 e. The van der Waals surface area contributed by atoms with Crippen molar-refractivity contribution in [3.05, 3.63) is 65.6 Å². The molecule has 124 valence electrons. The molecule has 24 heavy (non-hydrogen) atoms. The van der Waals surface area contributed by atoms with E-state index in [0.717, 1.165) is 5.39 Å². The van der Waals surface area contributed by atoms with Crippen molar-refractivity contribution in [2.45, 2.75) is 19.4 Å². The summed E-state index contributed by atoms with van der Waals surface area (Å²) in [5.41, 5.74) is -1.17. The molecule has 5 heteroatoms. The van der Waals surface area contributed by atoms with E-state index < -0.39 is 11.5 Å². The molecule has 1 amide bonds. The number of phenolic OH excluding ortho intramolecular Hbond substituents is 1. The Morgan fingerprint density at radius 2 is 1.92 bits per heavy atom. The van der Waals surface area contributed by atoms with Gasteiger partial charge in [-0.1, -0.05) is 30.3 Å². The first-order chi connectivity index (χ1) is 11.4. The fourth-order valence-corrected chi connectivity index (χ4v) is 2.60. The van der Waals surface area contributed by atoms with E-state index in [9.17, 15) is 15.0 Å². The third-order valence-corrected chi connectivity index (χ3v) is 4.01. The second-order valence-electron chi connectivity index (χ2n) is 6.05. The maximum absolute atomic E-state index is 12.4. The first-order valence-corrected chi connectivity index (χ1v) is 7.67. The molecule has 0 aliphatic rings. The van der Waals surface area contributed by atoms with Gasteiger partial charge in [-0.05, 0) is 37.4 Å². The summed E-state index contributed by atoms with van der Waals surface area (Å²) in [7, 11) is 0. The number of hydrogen-bond donors (Lipinski definition) is 3. The predicted octanol–water partition coefficient (Wildman–Crippen LogP) is 3.08. The van der Waals surface area contributed by atoms with Gasteiger partial charge in [0.05, 0.1) is 12.1 Å². The number of carbonyl (C=O) groups excluding carboxylic acids is 1. The van der Waals surface area contributed by atoms with Crippen molar-refractivity contribution < 1.29 is 19.4 Å². The van der Waals surface area contributed by atoms with E-state index >= 15 is 0 Å². The molecule has 0 spiro atoms. The molecule has 0 fully saturated rings. The van der Waals surface area contributed by atoms with Crippen LogP contribution in [0, 0.1) is 6.92 Å². The number of benzene rings is 2. The van der Waals surface area contributed by atoms with E-state index in [-0.39, 0.29) is 17.9 Å². The molecule has 1 heterocycles. The molecule has 1 atom stereocenters. The average molecular weight is 325 g/mol. The van der Waals surface area contributed by atoms with Gasteiger partial charge in [0, 0.05) is 5.39 Å². The van der Waals surface area contributed by atoms with Crippen LogP contribution in [0.15, 0.2) is 52.9 Å². The van der Waals surface area contributed by atoms with Crippen molar-refractivity contribution in [1.82, 2.24) is 5.32 Å². The molecule has 3 aromatic rings. The molecule has 3 N–H and O–H groups in total. The summed E-state index contributed by atoms with van der Waals surface area (Å²) < 4.78 is 5.42. The van der Waals surface area contributed by atoms with Crippen LogP contribution in [0.2, 0.25) is 0 Å². The van der Waals surface area contributed by atoms with Crippen LogP contribution in [0.3, 0.4) is 0 Å². The zero-order chi connectivity index (χ0) is 17.3. The summed E-state index contributed by atoms with van der Waals surface area (Å²) in [5, 5.41) is 24.9.